The van der Waals surface area contributed by atoms with Gasteiger partial charge in [0.1, 0.15) is 5.75 Å². The van der Waals surface area contributed by atoms with Gasteiger partial charge in [0.15, 0.2) is 0 Å². The van der Waals surface area contributed by atoms with Crippen molar-refractivity contribution in [3.63, 3.8) is 0 Å². The Labute approximate surface area is 114 Å². The Morgan fingerprint density at radius 2 is 2.06 bits per heavy atom. The molecule has 0 atom stereocenters. The first-order valence-electron chi connectivity index (χ1n) is 6.67. The Morgan fingerprint density at radius 1 is 1.33 bits per heavy atom. The van der Waals surface area contributed by atoms with Crippen LogP contribution in [0.25, 0.3) is 0 Å². The van der Waals surface area contributed by atoms with Crippen LogP contribution in [-0.4, -0.2) is 26.5 Å². The molecule has 0 bridgehead atoms. The number of benzene rings is 1. The highest BCUT2D eigenvalue weighted by molar-refractivity contribution is 7.98. The molecule has 0 radical (unpaired) electrons. The highest BCUT2D eigenvalue weighted by atomic mass is 32.2. The van der Waals surface area contributed by atoms with Crippen molar-refractivity contribution in [2.24, 2.45) is 5.92 Å². The van der Waals surface area contributed by atoms with Crippen molar-refractivity contribution in [2.75, 3.05) is 26.5 Å². The maximum Gasteiger partial charge on any atom is 0.126 e. The maximum atomic E-state index is 5.63. The summed E-state index contributed by atoms with van der Waals surface area (Å²) in [5, 5.41) is 3.43. The van der Waals surface area contributed by atoms with Crippen molar-refractivity contribution in [2.45, 2.75) is 31.1 Å². The molecule has 1 aromatic carbocycles. The number of aryl methyl sites for hydroxylation is 1. The van der Waals surface area contributed by atoms with E-state index >= 15 is 0 Å². The summed E-state index contributed by atoms with van der Waals surface area (Å²) >= 11 is 1.83. The van der Waals surface area contributed by atoms with Crippen LogP contribution in [-0.2, 0) is 6.42 Å². The fourth-order valence-electron chi connectivity index (χ4n) is 2.77. The van der Waals surface area contributed by atoms with Gasteiger partial charge in [-0.25, -0.2) is 0 Å². The first kappa shape index (κ1) is 13.8. The molecule has 0 spiro atoms. The van der Waals surface area contributed by atoms with Gasteiger partial charge in [0.2, 0.25) is 0 Å². The molecule has 3 heteroatoms. The number of hydrogen-bond acceptors (Lipinski definition) is 3. The van der Waals surface area contributed by atoms with Crippen molar-refractivity contribution >= 4 is 11.8 Å². The molecule has 1 heterocycles. The minimum Gasteiger partial charge on any atom is -0.496 e. The Morgan fingerprint density at radius 3 is 2.67 bits per heavy atom. The van der Waals surface area contributed by atoms with Crippen LogP contribution in [0.15, 0.2) is 17.0 Å². The van der Waals surface area contributed by atoms with E-state index in [1.54, 1.807) is 7.11 Å². The summed E-state index contributed by atoms with van der Waals surface area (Å²) in [6.45, 7) is 4.45. The van der Waals surface area contributed by atoms with Crippen LogP contribution in [0.5, 0.6) is 5.75 Å². The molecule has 1 saturated heterocycles. The molecule has 1 aliphatic heterocycles. The molecule has 0 saturated carbocycles. The van der Waals surface area contributed by atoms with Gasteiger partial charge in [-0.3, -0.25) is 0 Å². The zero-order valence-electron chi connectivity index (χ0n) is 11.6. The molecule has 1 aromatic rings. The summed E-state index contributed by atoms with van der Waals surface area (Å²) in [5.41, 5.74) is 2.66. The highest BCUT2D eigenvalue weighted by Crippen LogP contribution is 2.35. The second-order valence-electron chi connectivity index (χ2n) is 4.99. The van der Waals surface area contributed by atoms with Crippen LogP contribution in [0.1, 0.15) is 24.0 Å². The Bertz CT molecular complexity index is 400. The average molecular weight is 265 g/mol. The fourth-order valence-corrected chi connectivity index (χ4v) is 3.40. The molecule has 1 fully saturated rings. The standard InChI is InChI=1S/C15H23NOS/c1-11-4-5-14(18-3)13(15(11)17-2)10-12-6-8-16-9-7-12/h4-5,12,16H,6-10H2,1-3H3. The number of rotatable bonds is 4. The van der Waals surface area contributed by atoms with Gasteiger partial charge >= 0.3 is 0 Å². The number of ether oxygens (including phenoxy) is 1. The molecule has 100 valence electrons. The third-order valence-corrected chi connectivity index (χ3v) is 4.61. The molecule has 1 N–H and O–H groups in total. The zero-order chi connectivity index (χ0) is 13.0. The number of methoxy groups -OCH3 is 1. The normalized spacial score (nSPS) is 16.8. The van der Waals surface area contributed by atoms with Crippen molar-refractivity contribution in [1.29, 1.82) is 0 Å². The molecule has 18 heavy (non-hydrogen) atoms. The van der Waals surface area contributed by atoms with Gasteiger partial charge < -0.3 is 10.1 Å². The van der Waals surface area contributed by atoms with Gasteiger partial charge in [-0.2, -0.15) is 0 Å². The molecule has 0 aromatic heterocycles. The lowest BCUT2D eigenvalue weighted by atomic mass is 9.90. The van der Waals surface area contributed by atoms with Crippen LogP contribution in [0.2, 0.25) is 0 Å². The average Bonchev–Trinajstić information content (AvgIpc) is 2.40. The second-order valence-corrected chi connectivity index (χ2v) is 5.84. The van der Waals surface area contributed by atoms with Crippen molar-refractivity contribution < 1.29 is 4.74 Å². The number of thioether (sulfide) groups is 1. The predicted molar refractivity (Wildman–Crippen MR) is 78.8 cm³/mol. The van der Waals surface area contributed by atoms with E-state index in [-0.39, 0.29) is 0 Å². The van der Waals surface area contributed by atoms with Crippen LogP contribution in [0.3, 0.4) is 0 Å². The predicted octanol–water partition coefficient (Wildman–Crippen LogP) is 3.27. The first-order chi connectivity index (χ1) is 8.76. The number of piperidine rings is 1. The Hall–Kier alpha value is -0.670. The topological polar surface area (TPSA) is 21.3 Å². The third kappa shape index (κ3) is 3.01. The van der Waals surface area contributed by atoms with Gasteiger partial charge in [0.25, 0.3) is 0 Å². The van der Waals surface area contributed by atoms with Crippen molar-refractivity contribution in [1.82, 2.24) is 5.32 Å². The minimum absolute atomic E-state index is 0.799. The Balaban J connectivity index is 2.25. The van der Waals surface area contributed by atoms with Gasteiger partial charge in [-0.05, 0) is 63.1 Å². The van der Waals surface area contributed by atoms with Gasteiger partial charge in [-0.15, -0.1) is 11.8 Å². The van der Waals surface area contributed by atoms with Crippen LogP contribution in [0, 0.1) is 12.8 Å². The third-order valence-electron chi connectivity index (χ3n) is 3.79. The van der Waals surface area contributed by atoms with Crippen LogP contribution < -0.4 is 10.1 Å². The van der Waals surface area contributed by atoms with Gasteiger partial charge in [0.05, 0.1) is 7.11 Å². The Kier molecular flexibility index (Phi) is 4.95. The summed E-state index contributed by atoms with van der Waals surface area (Å²) in [5.74, 6) is 1.90. The number of nitrogens with one attached hydrogen (secondary N) is 1. The molecule has 2 nitrogen and oxygen atoms in total. The summed E-state index contributed by atoms with van der Waals surface area (Å²) in [4.78, 5) is 1.37. The maximum absolute atomic E-state index is 5.63. The van der Waals surface area contributed by atoms with E-state index in [0.29, 0.717) is 0 Å². The molecule has 1 aliphatic rings. The van der Waals surface area contributed by atoms with Crippen LogP contribution >= 0.6 is 11.8 Å². The van der Waals surface area contributed by atoms with Crippen LogP contribution in [0.4, 0.5) is 0 Å². The molecule has 0 amide bonds. The SMILES string of the molecule is COc1c(C)ccc(SC)c1CC1CCNCC1. The second kappa shape index (κ2) is 6.48. The molecule has 2 rings (SSSR count). The van der Waals surface area contributed by atoms with Crippen molar-refractivity contribution in [3.8, 4) is 5.75 Å². The van der Waals surface area contributed by atoms with Gasteiger partial charge in [-0.1, -0.05) is 6.07 Å². The largest absolute Gasteiger partial charge is 0.496 e. The minimum atomic E-state index is 0.799. The lowest BCUT2D eigenvalue weighted by Gasteiger charge is -2.25. The highest BCUT2D eigenvalue weighted by Gasteiger charge is 2.19. The van der Waals surface area contributed by atoms with E-state index in [0.717, 1.165) is 31.2 Å². The molecule has 0 aliphatic carbocycles. The zero-order valence-corrected chi connectivity index (χ0v) is 12.4. The van der Waals surface area contributed by atoms with E-state index < -0.39 is 0 Å². The van der Waals surface area contributed by atoms with Crippen molar-refractivity contribution in [3.05, 3.63) is 23.3 Å². The lowest BCUT2D eigenvalue weighted by Crippen LogP contribution is -2.28. The fraction of sp³-hybridized carbons (Fsp3) is 0.600. The molecular weight excluding hydrogens is 242 g/mol. The van der Waals surface area contributed by atoms with E-state index in [9.17, 15) is 0 Å². The molecular formula is C15H23NOS. The summed E-state index contributed by atoms with van der Waals surface area (Å²) in [7, 11) is 1.79. The first-order valence-corrected chi connectivity index (χ1v) is 7.90. The van der Waals surface area contributed by atoms with E-state index in [1.807, 2.05) is 11.8 Å². The van der Waals surface area contributed by atoms with E-state index in [4.69, 9.17) is 4.74 Å². The van der Waals surface area contributed by atoms with Gasteiger partial charge in [0, 0.05) is 10.5 Å². The molecule has 0 unspecified atom stereocenters. The smallest absolute Gasteiger partial charge is 0.126 e. The quantitative estimate of drug-likeness (QED) is 0.844. The van der Waals surface area contributed by atoms with E-state index in [1.165, 1.54) is 28.9 Å². The number of hydrogen-bond donors (Lipinski definition) is 1. The summed E-state index contributed by atoms with van der Waals surface area (Å²) in [6.07, 6.45) is 5.87. The monoisotopic (exact) mass is 265 g/mol. The summed E-state index contributed by atoms with van der Waals surface area (Å²) in [6, 6.07) is 4.40. The van der Waals surface area contributed by atoms with E-state index in [2.05, 4.69) is 30.6 Å². The summed E-state index contributed by atoms with van der Waals surface area (Å²) < 4.78 is 5.63. The lowest BCUT2D eigenvalue weighted by molar-refractivity contribution is 0.358.